The van der Waals surface area contributed by atoms with Crippen molar-refractivity contribution in [3.8, 4) is 5.75 Å². The van der Waals surface area contributed by atoms with Gasteiger partial charge in [0, 0.05) is 24.0 Å². The summed E-state index contributed by atoms with van der Waals surface area (Å²) in [5.74, 6) is 0.293. The van der Waals surface area contributed by atoms with E-state index >= 15 is 0 Å². The lowest BCUT2D eigenvalue weighted by Crippen LogP contribution is -2.24. The van der Waals surface area contributed by atoms with Crippen LogP contribution in [-0.2, 0) is 16.6 Å². The first kappa shape index (κ1) is 15.8. The standard InChI is InChI=1S/C14H15ClN2O3S/c1-10-7-12(15)8-13(14(10)20-2)21(18,19)17-9-11-3-5-16-6-4-11/h3-8,17H,9H2,1-2H3. The van der Waals surface area contributed by atoms with E-state index in [1.54, 1.807) is 37.5 Å². The predicted octanol–water partition coefficient (Wildman–Crippen LogP) is 2.53. The summed E-state index contributed by atoms with van der Waals surface area (Å²) in [6.45, 7) is 1.91. The zero-order chi connectivity index (χ0) is 15.5. The molecule has 2 rings (SSSR count). The molecule has 0 spiro atoms. The van der Waals surface area contributed by atoms with Gasteiger partial charge in [-0.05, 0) is 42.3 Å². The number of nitrogens with zero attached hydrogens (tertiary/aromatic N) is 1. The second-order valence-corrected chi connectivity index (χ2v) is 6.61. The van der Waals surface area contributed by atoms with Crippen LogP contribution in [0.1, 0.15) is 11.1 Å². The Morgan fingerprint density at radius 1 is 1.29 bits per heavy atom. The van der Waals surface area contributed by atoms with Crippen LogP contribution < -0.4 is 9.46 Å². The van der Waals surface area contributed by atoms with E-state index in [-0.39, 0.29) is 11.4 Å². The van der Waals surface area contributed by atoms with Gasteiger partial charge in [-0.15, -0.1) is 0 Å². The summed E-state index contributed by atoms with van der Waals surface area (Å²) in [5.41, 5.74) is 1.47. The van der Waals surface area contributed by atoms with Gasteiger partial charge in [0.05, 0.1) is 7.11 Å². The number of aryl methyl sites for hydroxylation is 1. The number of ether oxygens (including phenoxy) is 1. The van der Waals surface area contributed by atoms with Gasteiger partial charge in [0.1, 0.15) is 10.6 Å². The van der Waals surface area contributed by atoms with E-state index in [4.69, 9.17) is 16.3 Å². The van der Waals surface area contributed by atoms with Crippen molar-refractivity contribution in [3.05, 3.63) is 52.8 Å². The molecular formula is C14H15ClN2O3S. The van der Waals surface area contributed by atoms with E-state index < -0.39 is 10.0 Å². The minimum Gasteiger partial charge on any atom is -0.495 e. The first-order chi connectivity index (χ1) is 9.94. The van der Waals surface area contributed by atoms with Gasteiger partial charge in [-0.2, -0.15) is 0 Å². The fourth-order valence-corrected chi connectivity index (χ4v) is 3.54. The summed E-state index contributed by atoms with van der Waals surface area (Å²) in [4.78, 5) is 3.92. The summed E-state index contributed by atoms with van der Waals surface area (Å²) in [6.07, 6.45) is 3.21. The Kier molecular flexibility index (Phi) is 4.82. The van der Waals surface area contributed by atoms with E-state index in [1.165, 1.54) is 13.2 Å². The van der Waals surface area contributed by atoms with Crippen LogP contribution in [-0.4, -0.2) is 20.5 Å². The number of methoxy groups -OCH3 is 1. The largest absolute Gasteiger partial charge is 0.495 e. The van der Waals surface area contributed by atoms with Crippen molar-refractivity contribution in [1.29, 1.82) is 0 Å². The third-order valence-electron chi connectivity index (χ3n) is 2.91. The Morgan fingerprint density at radius 3 is 2.57 bits per heavy atom. The number of rotatable bonds is 5. The van der Waals surface area contributed by atoms with Gasteiger partial charge >= 0.3 is 0 Å². The highest BCUT2D eigenvalue weighted by Gasteiger charge is 2.21. The molecule has 0 aliphatic heterocycles. The fourth-order valence-electron chi connectivity index (χ4n) is 1.92. The molecule has 0 unspecified atom stereocenters. The lowest BCUT2D eigenvalue weighted by atomic mass is 10.2. The summed E-state index contributed by atoms with van der Waals surface area (Å²) in [7, 11) is -2.30. The SMILES string of the molecule is COc1c(C)cc(Cl)cc1S(=O)(=O)NCc1ccncc1. The molecule has 0 bridgehead atoms. The van der Waals surface area contributed by atoms with E-state index in [0.29, 0.717) is 16.3 Å². The fraction of sp³-hybridized carbons (Fsp3) is 0.214. The summed E-state index contributed by atoms with van der Waals surface area (Å²) in [5, 5.41) is 0.345. The Hall–Kier alpha value is -1.63. The number of benzene rings is 1. The van der Waals surface area contributed by atoms with Gasteiger partial charge in [-0.25, -0.2) is 13.1 Å². The third-order valence-corrected chi connectivity index (χ3v) is 4.54. The number of aromatic nitrogens is 1. The monoisotopic (exact) mass is 326 g/mol. The molecule has 1 aromatic heterocycles. The Bertz CT molecular complexity index is 733. The Labute approximate surface area is 129 Å². The molecule has 112 valence electrons. The number of nitrogens with one attached hydrogen (secondary N) is 1. The van der Waals surface area contributed by atoms with Crippen LogP contribution in [0.5, 0.6) is 5.75 Å². The maximum Gasteiger partial charge on any atom is 0.244 e. The van der Waals surface area contributed by atoms with Gasteiger partial charge in [-0.1, -0.05) is 11.6 Å². The van der Waals surface area contributed by atoms with Crippen molar-refractivity contribution in [2.45, 2.75) is 18.4 Å². The minimum absolute atomic E-state index is 0.0315. The predicted molar refractivity (Wildman–Crippen MR) is 81.0 cm³/mol. The first-order valence-electron chi connectivity index (χ1n) is 6.17. The average molecular weight is 327 g/mol. The molecule has 1 aromatic carbocycles. The van der Waals surface area contributed by atoms with Crippen LogP contribution in [0.3, 0.4) is 0 Å². The molecule has 0 radical (unpaired) electrons. The van der Waals surface area contributed by atoms with Crippen molar-refractivity contribution in [2.24, 2.45) is 0 Å². The number of hydrogen-bond donors (Lipinski definition) is 1. The molecule has 0 amide bonds. The molecule has 7 heteroatoms. The van der Waals surface area contributed by atoms with Gasteiger partial charge in [0.2, 0.25) is 10.0 Å². The molecule has 0 aliphatic carbocycles. The normalized spacial score (nSPS) is 11.4. The van der Waals surface area contributed by atoms with Crippen molar-refractivity contribution in [2.75, 3.05) is 7.11 Å². The number of halogens is 1. The van der Waals surface area contributed by atoms with E-state index in [0.717, 1.165) is 5.56 Å². The molecule has 0 saturated carbocycles. The van der Waals surface area contributed by atoms with Crippen molar-refractivity contribution >= 4 is 21.6 Å². The zero-order valence-electron chi connectivity index (χ0n) is 11.6. The van der Waals surface area contributed by atoms with Crippen molar-refractivity contribution < 1.29 is 13.2 Å². The quantitative estimate of drug-likeness (QED) is 0.916. The second kappa shape index (κ2) is 6.43. The van der Waals surface area contributed by atoms with Crippen LogP contribution in [0.4, 0.5) is 0 Å². The van der Waals surface area contributed by atoms with Crippen LogP contribution in [0.2, 0.25) is 5.02 Å². The lowest BCUT2D eigenvalue weighted by Gasteiger charge is -2.13. The van der Waals surface area contributed by atoms with Crippen LogP contribution in [0.25, 0.3) is 0 Å². The zero-order valence-corrected chi connectivity index (χ0v) is 13.2. The van der Waals surface area contributed by atoms with Crippen molar-refractivity contribution in [1.82, 2.24) is 9.71 Å². The average Bonchev–Trinajstić information content (AvgIpc) is 2.46. The van der Waals surface area contributed by atoms with E-state index in [9.17, 15) is 8.42 Å². The maximum atomic E-state index is 12.4. The number of hydrogen-bond acceptors (Lipinski definition) is 4. The molecule has 21 heavy (non-hydrogen) atoms. The lowest BCUT2D eigenvalue weighted by molar-refractivity contribution is 0.399. The van der Waals surface area contributed by atoms with Crippen LogP contribution >= 0.6 is 11.6 Å². The molecule has 0 aliphatic rings. The highest BCUT2D eigenvalue weighted by Crippen LogP contribution is 2.31. The molecule has 0 saturated heterocycles. The maximum absolute atomic E-state index is 12.4. The van der Waals surface area contributed by atoms with Gasteiger partial charge in [0.25, 0.3) is 0 Å². The van der Waals surface area contributed by atoms with E-state index in [2.05, 4.69) is 9.71 Å². The van der Waals surface area contributed by atoms with E-state index in [1.807, 2.05) is 0 Å². The Balaban J connectivity index is 2.32. The Morgan fingerprint density at radius 2 is 1.95 bits per heavy atom. The molecular weight excluding hydrogens is 312 g/mol. The third kappa shape index (κ3) is 3.72. The smallest absolute Gasteiger partial charge is 0.244 e. The van der Waals surface area contributed by atoms with Gasteiger partial charge in [-0.3, -0.25) is 4.98 Å². The van der Waals surface area contributed by atoms with Gasteiger partial charge in [0.15, 0.2) is 0 Å². The molecule has 1 heterocycles. The summed E-state index contributed by atoms with van der Waals surface area (Å²) < 4.78 is 32.6. The molecule has 1 N–H and O–H groups in total. The highest BCUT2D eigenvalue weighted by atomic mass is 35.5. The summed E-state index contributed by atoms with van der Waals surface area (Å²) >= 11 is 5.95. The van der Waals surface area contributed by atoms with Crippen LogP contribution in [0.15, 0.2) is 41.6 Å². The van der Waals surface area contributed by atoms with Gasteiger partial charge < -0.3 is 4.74 Å². The first-order valence-corrected chi connectivity index (χ1v) is 8.03. The highest BCUT2D eigenvalue weighted by molar-refractivity contribution is 7.89. The summed E-state index contributed by atoms with van der Waals surface area (Å²) in [6, 6.07) is 6.51. The van der Waals surface area contributed by atoms with Crippen molar-refractivity contribution in [3.63, 3.8) is 0 Å². The minimum atomic E-state index is -3.73. The van der Waals surface area contributed by atoms with Crippen LogP contribution in [0, 0.1) is 6.92 Å². The molecule has 0 atom stereocenters. The molecule has 5 nitrogen and oxygen atoms in total. The number of pyridine rings is 1. The second-order valence-electron chi connectivity index (χ2n) is 4.43. The topological polar surface area (TPSA) is 68.3 Å². The number of sulfonamides is 1. The molecule has 0 fully saturated rings. The molecule has 2 aromatic rings.